The Bertz CT molecular complexity index is 1200. The average molecular weight is 474 g/mol. The van der Waals surface area contributed by atoms with Crippen LogP contribution in [-0.2, 0) is 12.4 Å². The fourth-order valence-corrected chi connectivity index (χ4v) is 4.59. The number of nitrogen functional groups attached to an aromatic ring is 1. The zero-order chi connectivity index (χ0) is 22.5. The molecule has 2 aromatic heterocycles. The van der Waals surface area contributed by atoms with Gasteiger partial charge in [0.25, 0.3) is 0 Å². The monoisotopic (exact) mass is 473 g/mol. The lowest BCUT2D eigenvalue weighted by molar-refractivity contribution is 0.291. The van der Waals surface area contributed by atoms with Crippen LogP contribution in [0, 0.1) is 5.82 Å². The van der Waals surface area contributed by atoms with Gasteiger partial charge >= 0.3 is 0 Å². The Balaban J connectivity index is 1.40. The van der Waals surface area contributed by atoms with E-state index >= 15 is 0 Å². The molecule has 166 valence electrons. The van der Waals surface area contributed by atoms with Gasteiger partial charge in [0.15, 0.2) is 17.3 Å². The largest absolute Gasteiger partial charge is 0.493 e. The van der Waals surface area contributed by atoms with Crippen LogP contribution in [0.1, 0.15) is 11.5 Å². The zero-order valence-electron chi connectivity index (χ0n) is 17.3. The summed E-state index contributed by atoms with van der Waals surface area (Å²) in [4.78, 5) is 4.71. The summed E-state index contributed by atoms with van der Waals surface area (Å²) in [5, 5.41) is 11.6. The molecule has 4 aromatic rings. The topological polar surface area (TPSA) is 97.3 Å². The number of ether oxygens (including phenoxy) is 3. The Morgan fingerprint density at radius 1 is 1.09 bits per heavy atom. The molecule has 0 spiro atoms. The third kappa shape index (κ3) is 4.78. The van der Waals surface area contributed by atoms with Crippen LogP contribution in [0.5, 0.6) is 17.2 Å². The second kappa shape index (κ2) is 9.88. The molecule has 2 aromatic carbocycles. The predicted molar refractivity (Wildman–Crippen MR) is 121 cm³/mol. The minimum absolute atomic E-state index is 0.117. The zero-order valence-corrected chi connectivity index (χ0v) is 19.0. The second-order valence-electron chi connectivity index (χ2n) is 6.49. The third-order valence-corrected chi connectivity index (χ3v) is 6.35. The first-order chi connectivity index (χ1) is 15.6. The van der Waals surface area contributed by atoms with E-state index in [1.54, 1.807) is 26.4 Å². The highest BCUT2D eigenvalue weighted by Crippen LogP contribution is 2.39. The highest BCUT2D eigenvalue weighted by atomic mass is 32.2. The number of benzene rings is 2. The van der Waals surface area contributed by atoms with E-state index in [1.807, 2.05) is 23.6 Å². The summed E-state index contributed by atoms with van der Waals surface area (Å²) in [6, 6.07) is 11.4. The second-order valence-corrected chi connectivity index (χ2v) is 8.29. The maximum absolute atomic E-state index is 13.0. The van der Waals surface area contributed by atoms with Crippen LogP contribution in [0.25, 0.3) is 10.6 Å². The summed E-state index contributed by atoms with van der Waals surface area (Å²) in [5.41, 5.74) is 1.75. The maximum atomic E-state index is 13.0. The van der Waals surface area contributed by atoms with Crippen LogP contribution in [0.4, 0.5) is 4.39 Å². The number of thioether (sulfide) groups is 1. The van der Waals surface area contributed by atoms with Crippen LogP contribution in [0.15, 0.2) is 53.0 Å². The molecule has 0 bridgehead atoms. The van der Waals surface area contributed by atoms with Crippen molar-refractivity contribution in [1.82, 2.24) is 19.9 Å². The average Bonchev–Trinajstić information content (AvgIpc) is 3.43. The molecule has 32 heavy (non-hydrogen) atoms. The van der Waals surface area contributed by atoms with E-state index < -0.39 is 0 Å². The Morgan fingerprint density at radius 3 is 2.66 bits per heavy atom. The lowest BCUT2D eigenvalue weighted by atomic mass is 10.2. The number of halogens is 1. The molecule has 0 radical (unpaired) electrons. The van der Waals surface area contributed by atoms with Gasteiger partial charge in [-0.2, -0.15) is 0 Å². The van der Waals surface area contributed by atoms with Gasteiger partial charge in [0.2, 0.25) is 5.16 Å². The van der Waals surface area contributed by atoms with Crippen molar-refractivity contribution in [3.63, 3.8) is 0 Å². The third-order valence-electron chi connectivity index (χ3n) is 4.45. The predicted octanol–water partition coefficient (Wildman–Crippen LogP) is 4.14. The number of aromatic nitrogens is 4. The number of rotatable bonds is 9. The molecule has 0 saturated heterocycles. The smallest absolute Gasteiger partial charge is 0.210 e. The molecule has 2 heterocycles. The van der Waals surface area contributed by atoms with E-state index in [9.17, 15) is 4.39 Å². The van der Waals surface area contributed by atoms with Crippen LogP contribution >= 0.6 is 23.1 Å². The van der Waals surface area contributed by atoms with Crippen molar-refractivity contribution in [2.75, 3.05) is 20.1 Å². The molecule has 2 N–H and O–H groups in total. The summed E-state index contributed by atoms with van der Waals surface area (Å²) < 4.78 is 30.8. The molecule has 0 saturated carbocycles. The van der Waals surface area contributed by atoms with Crippen LogP contribution in [0.2, 0.25) is 0 Å². The van der Waals surface area contributed by atoms with E-state index in [0.29, 0.717) is 34.0 Å². The van der Waals surface area contributed by atoms with Crippen molar-refractivity contribution in [2.45, 2.75) is 17.5 Å². The van der Waals surface area contributed by atoms with E-state index in [4.69, 9.17) is 25.0 Å². The van der Waals surface area contributed by atoms with Crippen molar-refractivity contribution in [3.8, 4) is 27.8 Å². The number of para-hydroxylation sites is 1. The van der Waals surface area contributed by atoms with Gasteiger partial charge in [-0.15, -0.1) is 21.5 Å². The molecular formula is C21H20FN5O3S2. The molecule has 4 rings (SSSR count). The molecule has 0 aliphatic carbocycles. The highest BCUT2D eigenvalue weighted by Gasteiger charge is 2.16. The van der Waals surface area contributed by atoms with Gasteiger partial charge in [0.1, 0.15) is 23.2 Å². The quantitative estimate of drug-likeness (QED) is 0.286. The number of hydrogen-bond donors (Lipinski definition) is 1. The summed E-state index contributed by atoms with van der Waals surface area (Å²) in [6.45, 7) is 0.117. The van der Waals surface area contributed by atoms with Crippen molar-refractivity contribution < 1.29 is 18.6 Å². The summed E-state index contributed by atoms with van der Waals surface area (Å²) in [6.07, 6.45) is 0. The minimum Gasteiger partial charge on any atom is -0.493 e. The lowest BCUT2D eigenvalue weighted by Crippen LogP contribution is -2.15. The lowest BCUT2D eigenvalue weighted by Gasteiger charge is -2.10. The highest BCUT2D eigenvalue weighted by molar-refractivity contribution is 7.98. The molecule has 11 heteroatoms. The van der Waals surface area contributed by atoms with Crippen molar-refractivity contribution >= 4 is 23.1 Å². The first-order valence-electron chi connectivity index (χ1n) is 9.45. The van der Waals surface area contributed by atoms with Crippen molar-refractivity contribution in [2.24, 2.45) is 0 Å². The molecule has 0 aliphatic rings. The molecule has 0 fully saturated rings. The van der Waals surface area contributed by atoms with Gasteiger partial charge < -0.3 is 20.1 Å². The summed E-state index contributed by atoms with van der Waals surface area (Å²) >= 11 is 2.94. The van der Waals surface area contributed by atoms with E-state index in [1.165, 1.54) is 39.9 Å². The fourth-order valence-electron chi connectivity index (χ4n) is 2.87. The molecular weight excluding hydrogens is 453 g/mol. The standard InChI is InChI=1S/C21H20FN5O3S2/c1-28-17-5-3-4-16(19(17)29-2)20-24-14(11-31-20)12-32-21-26-25-18(27(21)23)10-30-15-8-6-13(22)7-9-15/h3-9,11H,10,12,23H2,1-2H3. The minimum atomic E-state index is -0.326. The first kappa shape index (κ1) is 21.9. The van der Waals surface area contributed by atoms with Gasteiger partial charge in [0, 0.05) is 11.1 Å². The Hall–Kier alpha value is -3.31. The van der Waals surface area contributed by atoms with Gasteiger partial charge in [-0.3, -0.25) is 0 Å². The number of thiazole rings is 1. The van der Waals surface area contributed by atoms with E-state index in [0.717, 1.165) is 16.3 Å². The van der Waals surface area contributed by atoms with Gasteiger partial charge in [-0.25, -0.2) is 14.1 Å². The SMILES string of the molecule is COc1cccc(-c2nc(CSc3nnc(COc4ccc(F)cc4)n3N)cs2)c1OC. The molecule has 0 atom stereocenters. The van der Waals surface area contributed by atoms with Gasteiger partial charge in [-0.05, 0) is 36.4 Å². The van der Waals surface area contributed by atoms with Crippen LogP contribution in [0.3, 0.4) is 0 Å². The normalized spacial score (nSPS) is 10.8. The number of nitrogens with two attached hydrogens (primary N) is 1. The molecule has 0 amide bonds. The fraction of sp³-hybridized carbons (Fsp3) is 0.190. The Morgan fingerprint density at radius 2 is 1.91 bits per heavy atom. The number of nitrogens with zero attached hydrogens (tertiary/aromatic N) is 4. The van der Waals surface area contributed by atoms with E-state index in [2.05, 4.69) is 10.2 Å². The van der Waals surface area contributed by atoms with Crippen LogP contribution < -0.4 is 20.1 Å². The number of hydrogen-bond acceptors (Lipinski definition) is 9. The maximum Gasteiger partial charge on any atom is 0.210 e. The molecule has 8 nitrogen and oxygen atoms in total. The van der Waals surface area contributed by atoms with Crippen molar-refractivity contribution in [3.05, 3.63) is 65.2 Å². The van der Waals surface area contributed by atoms with Gasteiger partial charge in [-0.1, -0.05) is 17.8 Å². The van der Waals surface area contributed by atoms with E-state index in [-0.39, 0.29) is 12.4 Å². The van der Waals surface area contributed by atoms with Gasteiger partial charge in [0.05, 0.1) is 25.5 Å². The Kier molecular flexibility index (Phi) is 6.76. The molecule has 0 aliphatic heterocycles. The van der Waals surface area contributed by atoms with Crippen LogP contribution in [-0.4, -0.2) is 34.1 Å². The summed E-state index contributed by atoms with van der Waals surface area (Å²) in [7, 11) is 3.21. The first-order valence-corrected chi connectivity index (χ1v) is 11.3. The molecule has 0 unspecified atom stereocenters. The Labute approximate surface area is 192 Å². The van der Waals surface area contributed by atoms with Crippen molar-refractivity contribution in [1.29, 1.82) is 0 Å². The number of methoxy groups -OCH3 is 2. The summed E-state index contributed by atoms with van der Waals surface area (Å²) in [5.74, 6) is 8.62.